The van der Waals surface area contributed by atoms with E-state index in [2.05, 4.69) is 31.9 Å². The normalized spacial score (nSPS) is 45.6. The first-order chi connectivity index (χ1) is 6.98. The molecule has 15 heavy (non-hydrogen) atoms. The van der Waals surface area contributed by atoms with E-state index in [9.17, 15) is 0 Å². The first kappa shape index (κ1) is 12.3. The van der Waals surface area contributed by atoms with Crippen molar-refractivity contribution in [1.82, 2.24) is 0 Å². The first-order valence-electron chi connectivity index (χ1n) is 5.62. The topological polar surface area (TPSA) is 18.5 Å². The second-order valence-corrected chi connectivity index (χ2v) is 7.25. The Morgan fingerprint density at radius 3 is 1.67 bits per heavy atom. The molecule has 0 spiro atoms. The number of hydrogen-bond donors (Lipinski definition) is 0. The SMILES string of the molecule is CC1(C)O[C@@H]2CC[C@H](Br)[C@@H](Br)CC[C@H]2O1. The van der Waals surface area contributed by atoms with Crippen molar-refractivity contribution in [2.75, 3.05) is 0 Å². The molecule has 0 aromatic heterocycles. The van der Waals surface area contributed by atoms with Gasteiger partial charge in [-0.05, 0) is 39.5 Å². The van der Waals surface area contributed by atoms with Gasteiger partial charge in [-0.2, -0.15) is 0 Å². The minimum Gasteiger partial charge on any atom is -0.345 e. The van der Waals surface area contributed by atoms with Gasteiger partial charge in [0.25, 0.3) is 0 Å². The Morgan fingerprint density at radius 1 is 0.867 bits per heavy atom. The third-order valence-corrected chi connectivity index (χ3v) is 6.03. The minimum absolute atomic E-state index is 0.292. The summed E-state index contributed by atoms with van der Waals surface area (Å²) in [6.07, 6.45) is 5.06. The van der Waals surface area contributed by atoms with Crippen LogP contribution in [-0.4, -0.2) is 27.6 Å². The molecular weight excluding hydrogens is 324 g/mol. The summed E-state index contributed by atoms with van der Waals surface area (Å²) < 4.78 is 11.8. The second kappa shape index (κ2) is 4.63. The van der Waals surface area contributed by atoms with Gasteiger partial charge >= 0.3 is 0 Å². The second-order valence-electron chi connectivity index (χ2n) is 4.90. The van der Waals surface area contributed by atoms with Gasteiger partial charge in [-0.1, -0.05) is 31.9 Å². The standard InChI is InChI=1S/C11H18Br2O2/c1-11(2)14-9-5-3-7(12)8(13)4-6-10(9)15-11/h7-10H,3-6H2,1-2H3/t7-,8-,9+,10+/m0/s1. The van der Waals surface area contributed by atoms with Crippen LogP contribution in [-0.2, 0) is 9.47 Å². The van der Waals surface area contributed by atoms with Gasteiger partial charge in [0, 0.05) is 9.65 Å². The third kappa shape index (κ3) is 2.96. The Balaban J connectivity index is 2.00. The Morgan fingerprint density at radius 2 is 1.27 bits per heavy atom. The monoisotopic (exact) mass is 340 g/mol. The van der Waals surface area contributed by atoms with Crippen LogP contribution in [0.3, 0.4) is 0 Å². The lowest BCUT2D eigenvalue weighted by atomic mass is 9.96. The summed E-state index contributed by atoms with van der Waals surface area (Å²) in [6, 6.07) is 0. The molecule has 88 valence electrons. The molecule has 1 heterocycles. The largest absolute Gasteiger partial charge is 0.345 e. The molecule has 0 radical (unpaired) electrons. The van der Waals surface area contributed by atoms with Crippen molar-refractivity contribution in [1.29, 1.82) is 0 Å². The molecule has 0 bridgehead atoms. The average Bonchev–Trinajstić information content (AvgIpc) is 2.44. The van der Waals surface area contributed by atoms with E-state index >= 15 is 0 Å². The van der Waals surface area contributed by atoms with Gasteiger partial charge < -0.3 is 9.47 Å². The summed E-state index contributed by atoms with van der Waals surface area (Å²) in [4.78, 5) is 1.12. The van der Waals surface area contributed by atoms with E-state index in [1.54, 1.807) is 0 Å². The van der Waals surface area contributed by atoms with Crippen LogP contribution in [0, 0.1) is 0 Å². The molecule has 1 aliphatic heterocycles. The maximum Gasteiger partial charge on any atom is 0.163 e. The lowest BCUT2D eigenvalue weighted by molar-refractivity contribution is -0.146. The fraction of sp³-hybridized carbons (Fsp3) is 1.00. The highest BCUT2D eigenvalue weighted by Crippen LogP contribution is 2.37. The fourth-order valence-electron chi connectivity index (χ4n) is 2.41. The van der Waals surface area contributed by atoms with E-state index in [1.807, 2.05) is 13.8 Å². The molecule has 1 aliphatic carbocycles. The molecule has 0 amide bonds. The first-order valence-corrected chi connectivity index (χ1v) is 7.45. The van der Waals surface area contributed by atoms with E-state index in [-0.39, 0.29) is 5.79 Å². The lowest BCUT2D eigenvalue weighted by Crippen LogP contribution is -2.29. The van der Waals surface area contributed by atoms with Gasteiger partial charge in [-0.3, -0.25) is 0 Å². The third-order valence-electron chi connectivity index (χ3n) is 3.13. The number of hydrogen-bond acceptors (Lipinski definition) is 2. The zero-order valence-corrected chi connectivity index (χ0v) is 12.4. The number of fused-ring (bicyclic) bond motifs is 1. The molecule has 4 atom stereocenters. The summed E-state index contributed by atoms with van der Waals surface area (Å²) >= 11 is 7.44. The van der Waals surface area contributed by atoms with E-state index in [0.29, 0.717) is 21.9 Å². The number of alkyl halides is 2. The summed E-state index contributed by atoms with van der Waals surface area (Å²) in [7, 11) is 0. The summed E-state index contributed by atoms with van der Waals surface area (Å²) in [5.41, 5.74) is 0. The predicted octanol–water partition coefficient (Wildman–Crippen LogP) is 3.61. The smallest absolute Gasteiger partial charge is 0.163 e. The van der Waals surface area contributed by atoms with Gasteiger partial charge in [0.2, 0.25) is 0 Å². The van der Waals surface area contributed by atoms with E-state index in [1.165, 1.54) is 0 Å². The van der Waals surface area contributed by atoms with Crippen LogP contribution in [0.5, 0.6) is 0 Å². The zero-order chi connectivity index (χ0) is 11.1. The molecule has 4 heteroatoms. The Hall–Kier alpha value is 0.880. The molecule has 2 nitrogen and oxygen atoms in total. The maximum atomic E-state index is 5.91. The molecule has 2 fully saturated rings. The van der Waals surface area contributed by atoms with Crippen molar-refractivity contribution < 1.29 is 9.47 Å². The van der Waals surface area contributed by atoms with Crippen LogP contribution in [0.4, 0.5) is 0 Å². The van der Waals surface area contributed by atoms with Gasteiger partial charge in [0.1, 0.15) is 0 Å². The van der Waals surface area contributed by atoms with Crippen molar-refractivity contribution in [2.45, 2.75) is 67.2 Å². The molecule has 0 aromatic carbocycles. The predicted molar refractivity (Wildman–Crippen MR) is 67.7 cm³/mol. The zero-order valence-electron chi connectivity index (χ0n) is 9.21. The summed E-state index contributed by atoms with van der Waals surface area (Å²) in [6.45, 7) is 4.02. The van der Waals surface area contributed by atoms with E-state index in [4.69, 9.17) is 9.47 Å². The molecule has 0 unspecified atom stereocenters. The van der Waals surface area contributed by atoms with Crippen molar-refractivity contribution in [3.63, 3.8) is 0 Å². The van der Waals surface area contributed by atoms with Crippen LogP contribution in [0.1, 0.15) is 39.5 Å². The fourth-order valence-corrected chi connectivity index (χ4v) is 3.46. The molecule has 0 N–H and O–H groups in total. The summed E-state index contributed by atoms with van der Waals surface area (Å²) in [5, 5.41) is 0. The van der Waals surface area contributed by atoms with Crippen LogP contribution >= 0.6 is 31.9 Å². The maximum absolute atomic E-state index is 5.91. The van der Waals surface area contributed by atoms with Crippen LogP contribution in [0.2, 0.25) is 0 Å². The van der Waals surface area contributed by atoms with Gasteiger partial charge in [-0.15, -0.1) is 0 Å². The molecule has 0 aromatic rings. The number of rotatable bonds is 0. The van der Waals surface area contributed by atoms with E-state index < -0.39 is 0 Å². The highest BCUT2D eigenvalue weighted by molar-refractivity contribution is 9.12. The van der Waals surface area contributed by atoms with Gasteiger partial charge in [0.15, 0.2) is 5.79 Å². The number of ether oxygens (including phenoxy) is 2. The van der Waals surface area contributed by atoms with Gasteiger partial charge in [0.05, 0.1) is 12.2 Å². The highest BCUT2D eigenvalue weighted by atomic mass is 79.9. The van der Waals surface area contributed by atoms with Crippen LogP contribution in [0.25, 0.3) is 0 Å². The lowest BCUT2D eigenvalue weighted by Gasteiger charge is -2.25. The highest BCUT2D eigenvalue weighted by Gasteiger charge is 2.42. The Bertz CT molecular complexity index is 211. The molecule has 1 saturated carbocycles. The molecule has 2 rings (SSSR count). The quantitative estimate of drug-likeness (QED) is 0.627. The van der Waals surface area contributed by atoms with Crippen molar-refractivity contribution in [3.05, 3.63) is 0 Å². The van der Waals surface area contributed by atoms with Gasteiger partial charge in [-0.25, -0.2) is 0 Å². The van der Waals surface area contributed by atoms with Crippen molar-refractivity contribution in [3.8, 4) is 0 Å². The molecule has 2 aliphatic rings. The van der Waals surface area contributed by atoms with Crippen molar-refractivity contribution >= 4 is 31.9 Å². The van der Waals surface area contributed by atoms with Crippen LogP contribution in [0.15, 0.2) is 0 Å². The molecular formula is C11H18Br2O2. The summed E-state index contributed by atoms with van der Waals surface area (Å²) in [5.74, 6) is -0.386. The van der Waals surface area contributed by atoms with E-state index in [0.717, 1.165) is 25.7 Å². The van der Waals surface area contributed by atoms with Crippen LogP contribution < -0.4 is 0 Å². The number of halogens is 2. The minimum atomic E-state index is -0.386. The Labute approximate surface area is 108 Å². The average molecular weight is 342 g/mol. The Kier molecular flexibility index (Phi) is 3.81. The molecule has 1 saturated heterocycles. The van der Waals surface area contributed by atoms with Crippen molar-refractivity contribution in [2.24, 2.45) is 0 Å².